The van der Waals surface area contributed by atoms with E-state index in [0.717, 1.165) is 16.7 Å². The molecule has 2 aromatic carbocycles. The van der Waals surface area contributed by atoms with Crippen molar-refractivity contribution in [2.45, 2.75) is 6.61 Å². The van der Waals surface area contributed by atoms with Crippen LogP contribution in [0, 0.1) is 5.82 Å². The van der Waals surface area contributed by atoms with Gasteiger partial charge in [0.2, 0.25) is 0 Å². The van der Waals surface area contributed by atoms with Gasteiger partial charge in [0.15, 0.2) is 0 Å². The van der Waals surface area contributed by atoms with Crippen molar-refractivity contribution in [2.75, 3.05) is 0 Å². The van der Waals surface area contributed by atoms with Crippen molar-refractivity contribution in [3.8, 4) is 11.1 Å². The van der Waals surface area contributed by atoms with E-state index in [9.17, 15) is 9.50 Å². The number of hydrogen-bond donors (Lipinski definition) is 1. The maximum atomic E-state index is 13.1. The molecule has 0 spiro atoms. The van der Waals surface area contributed by atoms with E-state index in [4.69, 9.17) is 0 Å². The standard InChI is InChI=1S/C13H10BrFO/c14-12-7-9(5-6-13(12)15)11-4-2-1-3-10(11)8-16/h1-7,16H,8H2. The van der Waals surface area contributed by atoms with Crippen LogP contribution in [0.4, 0.5) is 4.39 Å². The Morgan fingerprint density at radius 3 is 2.56 bits per heavy atom. The summed E-state index contributed by atoms with van der Waals surface area (Å²) < 4.78 is 13.5. The monoisotopic (exact) mass is 280 g/mol. The van der Waals surface area contributed by atoms with E-state index in [1.807, 2.05) is 24.3 Å². The van der Waals surface area contributed by atoms with E-state index < -0.39 is 0 Å². The molecule has 2 aromatic rings. The van der Waals surface area contributed by atoms with Crippen molar-refractivity contribution in [1.82, 2.24) is 0 Å². The Bertz CT molecular complexity index is 511. The number of hydrogen-bond acceptors (Lipinski definition) is 1. The number of halogens is 2. The van der Waals surface area contributed by atoms with Crippen LogP contribution in [-0.2, 0) is 6.61 Å². The van der Waals surface area contributed by atoms with Crippen LogP contribution in [0.2, 0.25) is 0 Å². The molecule has 0 fully saturated rings. The molecule has 3 heteroatoms. The Kier molecular flexibility index (Phi) is 3.36. The van der Waals surface area contributed by atoms with Crippen molar-refractivity contribution in [1.29, 1.82) is 0 Å². The Hall–Kier alpha value is -1.19. The molecule has 0 aliphatic rings. The summed E-state index contributed by atoms with van der Waals surface area (Å²) in [4.78, 5) is 0. The van der Waals surface area contributed by atoms with Crippen LogP contribution in [0.25, 0.3) is 11.1 Å². The molecule has 0 atom stereocenters. The molecular weight excluding hydrogens is 271 g/mol. The molecule has 1 N–H and O–H groups in total. The van der Waals surface area contributed by atoms with Gasteiger partial charge in [-0.15, -0.1) is 0 Å². The molecule has 0 aliphatic heterocycles. The number of aliphatic hydroxyl groups excluding tert-OH is 1. The number of benzene rings is 2. The zero-order chi connectivity index (χ0) is 11.5. The van der Waals surface area contributed by atoms with Crippen LogP contribution in [0.15, 0.2) is 46.9 Å². The molecule has 0 bridgehead atoms. The average molecular weight is 281 g/mol. The SMILES string of the molecule is OCc1ccccc1-c1ccc(F)c(Br)c1. The Morgan fingerprint density at radius 2 is 1.88 bits per heavy atom. The second kappa shape index (κ2) is 4.76. The van der Waals surface area contributed by atoms with E-state index >= 15 is 0 Å². The molecule has 0 amide bonds. The number of aliphatic hydroxyl groups is 1. The van der Waals surface area contributed by atoms with E-state index in [-0.39, 0.29) is 12.4 Å². The van der Waals surface area contributed by atoms with Gasteiger partial charge in [0, 0.05) is 0 Å². The fourth-order valence-electron chi connectivity index (χ4n) is 1.60. The molecule has 0 unspecified atom stereocenters. The Morgan fingerprint density at radius 1 is 1.12 bits per heavy atom. The van der Waals surface area contributed by atoms with Gasteiger partial charge in [-0.2, -0.15) is 0 Å². The summed E-state index contributed by atoms with van der Waals surface area (Å²) in [5.41, 5.74) is 2.64. The summed E-state index contributed by atoms with van der Waals surface area (Å²) in [7, 11) is 0. The van der Waals surface area contributed by atoms with Crippen LogP contribution in [0.3, 0.4) is 0 Å². The average Bonchev–Trinajstić information content (AvgIpc) is 2.32. The minimum absolute atomic E-state index is 0.0226. The predicted octanol–water partition coefficient (Wildman–Crippen LogP) is 3.75. The lowest BCUT2D eigenvalue weighted by molar-refractivity contribution is 0.282. The maximum Gasteiger partial charge on any atom is 0.137 e. The van der Waals surface area contributed by atoms with Crippen molar-refractivity contribution in [3.05, 3.63) is 58.3 Å². The normalized spacial score (nSPS) is 10.4. The molecular formula is C13H10BrFO. The van der Waals surface area contributed by atoms with Gasteiger partial charge >= 0.3 is 0 Å². The fourth-order valence-corrected chi connectivity index (χ4v) is 1.98. The molecule has 0 saturated heterocycles. The van der Waals surface area contributed by atoms with E-state index in [0.29, 0.717) is 4.47 Å². The smallest absolute Gasteiger partial charge is 0.137 e. The van der Waals surface area contributed by atoms with Gasteiger partial charge in [0.1, 0.15) is 5.82 Å². The van der Waals surface area contributed by atoms with Crippen molar-refractivity contribution >= 4 is 15.9 Å². The minimum Gasteiger partial charge on any atom is -0.392 e. The van der Waals surface area contributed by atoms with Crippen molar-refractivity contribution in [3.63, 3.8) is 0 Å². The van der Waals surface area contributed by atoms with Crippen LogP contribution in [0.1, 0.15) is 5.56 Å². The summed E-state index contributed by atoms with van der Waals surface area (Å²) in [5.74, 6) is -0.287. The zero-order valence-electron chi connectivity index (χ0n) is 8.45. The highest BCUT2D eigenvalue weighted by Crippen LogP contribution is 2.27. The van der Waals surface area contributed by atoms with Crippen LogP contribution < -0.4 is 0 Å². The highest BCUT2D eigenvalue weighted by atomic mass is 79.9. The lowest BCUT2D eigenvalue weighted by Crippen LogP contribution is -1.89. The molecule has 0 saturated carbocycles. The number of rotatable bonds is 2. The van der Waals surface area contributed by atoms with Gasteiger partial charge in [-0.25, -0.2) is 4.39 Å². The summed E-state index contributed by atoms with van der Waals surface area (Å²) in [6.45, 7) is -0.0226. The van der Waals surface area contributed by atoms with Gasteiger partial charge in [-0.3, -0.25) is 0 Å². The summed E-state index contributed by atoms with van der Waals surface area (Å²) in [6, 6.07) is 12.4. The third-order valence-electron chi connectivity index (χ3n) is 2.42. The first-order chi connectivity index (χ1) is 7.72. The maximum absolute atomic E-state index is 13.1. The lowest BCUT2D eigenvalue weighted by atomic mass is 10.0. The second-order valence-electron chi connectivity index (χ2n) is 3.44. The minimum atomic E-state index is -0.287. The third-order valence-corrected chi connectivity index (χ3v) is 3.03. The van der Waals surface area contributed by atoms with E-state index in [1.54, 1.807) is 12.1 Å². The summed E-state index contributed by atoms with van der Waals surface area (Å²) >= 11 is 3.15. The Labute approximate surface area is 102 Å². The summed E-state index contributed by atoms with van der Waals surface area (Å²) in [6.07, 6.45) is 0. The zero-order valence-corrected chi connectivity index (χ0v) is 10.0. The van der Waals surface area contributed by atoms with Gasteiger partial charge < -0.3 is 5.11 Å². The highest BCUT2D eigenvalue weighted by Gasteiger charge is 2.06. The van der Waals surface area contributed by atoms with Gasteiger partial charge in [0.25, 0.3) is 0 Å². The molecule has 0 radical (unpaired) electrons. The lowest BCUT2D eigenvalue weighted by Gasteiger charge is -2.07. The summed E-state index contributed by atoms with van der Waals surface area (Å²) in [5, 5.41) is 9.22. The predicted molar refractivity (Wildman–Crippen MR) is 65.5 cm³/mol. The van der Waals surface area contributed by atoms with E-state index in [1.165, 1.54) is 6.07 Å². The van der Waals surface area contributed by atoms with Crippen molar-refractivity contribution < 1.29 is 9.50 Å². The molecule has 82 valence electrons. The van der Waals surface area contributed by atoms with Gasteiger partial charge in [-0.05, 0) is 44.8 Å². The third kappa shape index (κ3) is 2.15. The first-order valence-corrected chi connectivity index (χ1v) is 5.66. The van der Waals surface area contributed by atoms with Crippen LogP contribution >= 0.6 is 15.9 Å². The second-order valence-corrected chi connectivity index (χ2v) is 4.30. The highest BCUT2D eigenvalue weighted by molar-refractivity contribution is 9.10. The molecule has 1 nitrogen and oxygen atoms in total. The molecule has 0 aliphatic carbocycles. The van der Waals surface area contributed by atoms with Gasteiger partial charge in [-0.1, -0.05) is 30.3 Å². The quantitative estimate of drug-likeness (QED) is 0.888. The van der Waals surface area contributed by atoms with Crippen molar-refractivity contribution in [2.24, 2.45) is 0 Å². The first-order valence-electron chi connectivity index (χ1n) is 4.86. The molecule has 0 heterocycles. The van der Waals surface area contributed by atoms with Crippen LogP contribution in [-0.4, -0.2) is 5.11 Å². The topological polar surface area (TPSA) is 20.2 Å². The van der Waals surface area contributed by atoms with Gasteiger partial charge in [0.05, 0.1) is 11.1 Å². The first kappa shape index (κ1) is 11.3. The fraction of sp³-hybridized carbons (Fsp3) is 0.0769. The molecule has 0 aromatic heterocycles. The van der Waals surface area contributed by atoms with E-state index in [2.05, 4.69) is 15.9 Å². The Balaban J connectivity index is 2.54. The van der Waals surface area contributed by atoms with Crippen LogP contribution in [0.5, 0.6) is 0 Å². The molecule has 2 rings (SSSR count). The largest absolute Gasteiger partial charge is 0.392 e. The molecule has 16 heavy (non-hydrogen) atoms.